The first-order valence-electron chi connectivity index (χ1n) is 6.51. The van der Waals surface area contributed by atoms with Crippen LogP contribution in [0.1, 0.15) is 72.6 Å². The van der Waals surface area contributed by atoms with Crippen molar-refractivity contribution >= 4 is 10.1 Å². The van der Waals surface area contributed by atoms with Crippen LogP contribution in [0.4, 0.5) is 0 Å². The van der Waals surface area contributed by atoms with E-state index in [2.05, 4.69) is 6.92 Å². The zero-order valence-corrected chi connectivity index (χ0v) is 12.3. The van der Waals surface area contributed by atoms with Gasteiger partial charge >= 0.3 is 18.9 Å². The van der Waals surface area contributed by atoms with E-state index in [9.17, 15) is 8.42 Å². The van der Waals surface area contributed by atoms with Gasteiger partial charge in [-0.2, -0.15) is 8.42 Å². The van der Waals surface area contributed by atoms with E-state index in [1.54, 1.807) is 0 Å². The van der Waals surface area contributed by atoms with E-state index in [0.29, 0.717) is 6.42 Å². The van der Waals surface area contributed by atoms with Gasteiger partial charge in [-0.3, -0.25) is 4.55 Å². The maximum absolute atomic E-state index is 10.4. The molecule has 0 aromatic rings. The van der Waals surface area contributed by atoms with Crippen molar-refractivity contribution in [3.05, 3.63) is 0 Å². The summed E-state index contributed by atoms with van der Waals surface area (Å²) >= 11 is 0. The number of rotatable bonds is 11. The van der Waals surface area contributed by atoms with Gasteiger partial charge in [-0.05, 0) is 6.42 Å². The molecule has 0 bridgehead atoms. The molecule has 0 aromatic carbocycles. The largest absolute Gasteiger partial charge is 1.00 e. The zero-order chi connectivity index (χ0) is 12.3. The monoisotopic (exact) mass is 258 g/mol. The summed E-state index contributed by atoms with van der Waals surface area (Å²) in [6.45, 7) is 2.22. The third-order valence-corrected chi connectivity index (χ3v) is 3.56. The van der Waals surface area contributed by atoms with Gasteiger partial charge in [0.25, 0.3) is 10.1 Å². The van der Waals surface area contributed by atoms with E-state index in [4.69, 9.17) is 4.55 Å². The molecule has 0 saturated heterocycles. The molecule has 0 aliphatic heterocycles. The molecule has 0 saturated carbocycles. The number of hydrogen-bond donors (Lipinski definition) is 1. The first-order chi connectivity index (χ1) is 7.56. The van der Waals surface area contributed by atoms with Gasteiger partial charge in [0.2, 0.25) is 0 Å². The molecule has 0 heterocycles. The molecule has 0 rings (SSSR count). The Balaban J connectivity index is -0.00000112. The standard InChI is InChI=1S/C12H26O3S.Li.H/c1-2-3-4-5-6-7-8-9-10-11-12-16(13,14)15;;/h2-12H2,1H3,(H,13,14,15);;/q;+1;-1. The molecular formula is C12H27LiO3S. The van der Waals surface area contributed by atoms with Gasteiger partial charge < -0.3 is 1.43 Å². The Labute approximate surface area is 120 Å². The summed E-state index contributed by atoms with van der Waals surface area (Å²) in [6.07, 6.45) is 11.7. The summed E-state index contributed by atoms with van der Waals surface area (Å²) < 4.78 is 29.4. The van der Waals surface area contributed by atoms with Gasteiger partial charge in [0.15, 0.2) is 0 Å². The van der Waals surface area contributed by atoms with E-state index in [1.165, 1.54) is 44.9 Å². The minimum absolute atomic E-state index is 0. The first-order valence-corrected chi connectivity index (χ1v) is 8.12. The van der Waals surface area contributed by atoms with E-state index in [0.717, 1.165) is 12.8 Å². The Kier molecular flexibility index (Phi) is 15.1. The van der Waals surface area contributed by atoms with Crippen LogP contribution in [0.25, 0.3) is 0 Å². The summed E-state index contributed by atoms with van der Waals surface area (Å²) in [5, 5.41) is 0. The van der Waals surface area contributed by atoms with E-state index in [1.807, 2.05) is 0 Å². The molecule has 5 heteroatoms. The Morgan fingerprint density at radius 1 is 0.824 bits per heavy atom. The van der Waals surface area contributed by atoms with Gasteiger partial charge in [0.1, 0.15) is 0 Å². The Morgan fingerprint density at radius 3 is 1.53 bits per heavy atom. The third kappa shape index (κ3) is 19.0. The molecule has 0 aliphatic rings. The molecule has 0 aliphatic carbocycles. The van der Waals surface area contributed by atoms with Crippen molar-refractivity contribution in [2.24, 2.45) is 0 Å². The van der Waals surface area contributed by atoms with Crippen LogP contribution in [0, 0.1) is 0 Å². The second kappa shape index (κ2) is 13.0. The molecule has 0 amide bonds. The molecule has 17 heavy (non-hydrogen) atoms. The minimum atomic E-state index is -3.73. The topological polar surface area (TPSA) is 54.4 Å². The second-order valence-corrected chi connectivity index (χ2v) is 6.04. The van der Waals surface area contributed by atoms with Crippen LogP contribution in [0.2, 0.25) is 0 Å². The Hall–Kier alpha value is 0.507. The molecule has 100 valence electrons. The van der Waals surface area contributed by atoms with Crippen LogP contribution in [0.15, 0.2) is 0 Å². The summed E-state index contributed by atoms with van der Waals surface area (Å²) in [7, 11) is -3.73. The van der Waals surface area contributed by atoms with Crippen molar-refractivity contribution in [1.82, 2.24) is 0 Å². The first kappa shape index (κ1) is 19.8. The molecule has 0 radical (unpaired) electrons. The molecule has 0 atom stereocenters. The summed E-state index contributed by atoms with van der Waals surface area (Å²) in [4.78, 5) is 0. The Bertz CT molecular complexity index is 246. The van der Waals surface area contributed by atoms with Crippen molar-refractivity contribution in [2.45, 2.75) is 71.1 Å². The van der Waals surface area contributed by atoms with Crippen LogP contribution in [0.5, 0.6) is 0 Å². The molecular weight excluding hydrogens is 231 g/mol. The average molecular weight is 258 g/mol. The van der Waals surface area contributed by atoms with Crippen molar-refractivity contribution in [3.8, 4) is 0 Å². The van der Waals surface area contributed by atoms with E-state index in [-0.39, 0.29) is 26.0 Å². The summed E-state index contributed by atoms with van der Waals surface area (Å²) in [6, 6.07) is 0. The predicted octanol–water partition coefficient (Wildman–Crippen LogP) is 0.912. The smallest absolute Gasteiger partial charge is 1.00 e. The molecule has 1 N–H and O–H groups in total. The SMILES string of the molecule is CCCCCCCCCCCCS(=O)(=O)O.[H-].[Li+]. The normalized spacial score (nSPS) is 11.2. The molecule has 0 fully saturated rings. The molecule has 0 spiro atoms. The summed E-state index contributed by atoms with van der Waals surface area (Å²) in [5.74, 6) is -0.0799. The molecule has 0 unspecified atom stereocenters. The fourth-order valence-electron chi connectivity index (χ4n) is 1.77. The van der Waals surface area contributed by atoms with Crippen LogP contribution < -0.4 is 18.9 Å². The fourth-order valence-corrected chi connectivity index (χ4v) is 2.34. The third-order valence-electron chi connectivity index (χ3n) is 2.76. The maximum Gasteiger partial charge on any atom is 1.00 e. The second-order valence-electron chi connectivity index (χ2n) is 4.47. The quantitative estimate of drug-likeness (QED) is 0.340. The predicted molar refractivity (Wildman–Crippen MR) is 69.4 cm³/mol. The van der Waals surface area contributed by atoms with Gasteiger partial charge in [0, 0.05) is 0 Å². The van der Waals surface area contributed by atoms with Crippen molar-refractivity contribution in [3.63, 3.8) is 0 Å². The molecule has 0 aromatic heterocycles. The fraction of sp³-hybridized carbons (Fsp3) is 1.00. The molecule has 3 nitrogen and oxygen atoms in total. The zero-order valence-electron chi connectivity index (χ0n) is 12.5. The average Bonchev–Trinajstić information content (AvgIpc) is 2.19. The van der Waals surface area contributed by atoms with Crippen LogP contribution in [0.3, 0.4) is 0 Å². The van der Waals surface area contributed by atoms with Crippen LogP contribution in [-0.2, 0) is 10.1 Å². The van der Waals surface area contributed by atoms with Crippen molar-refractivity contribution < 1.29 is 33.3 Å². The van der Waals surface area contributed by atoms with E-state index < -0.39 is 10.1 Å². The van der Waals surface area contributed by atoms with Crippen LogP contribution in [-0.4, -0.2) is 18.7 Å². The van der Waals surface area contributed by atoms with Crippen LogP contribution >= 0.6 is 0 Å². The van der Waals surface area contributed by atoms with E-state index >= 15 is 0 Å². The maximum atomic E-state index is 10.4. The van der Waals surface area contributed by atoms with Gasteiger partial charge in [-0.15, -0.1) is 0 Å². The summed E-state index contributed by atoms with van der Waals surface area (Å²) in [5.41, 5.74) is 0. The van der Waals surface area contributed by atoms with Crippen molar-refractivity contribution in [2.75, 3.05) is 5.75 Å². The van der Waals surface area contributed by atoms with Crippen molar-refractivity contribution in [1.29, 1.82) is 0 Å². The minimum Gasteiger partial charge on any atom is -1.00 e. The van der Waals surface area contributed by atoms with Gasteiger partial charge in [-0.1, -0.05) is 64.7 Å². The van der Waals surface area contributed by atoms with Gasteiger partial charge in [0.05, 0.1) is 5.75 Å². The number of unbranched alkanes of at least 4 members (excludes halogenated alkanes) is 9. The number of hydrogen-bond acceptors (Lipinski definition) is 2. The van der Waals surface area contributed by atoms with Gasteiger partial charge in [-0.25, -0.2) is 0 Å². The Morgan fingerprint density at radius 2 is 1.18 bits per heavy atom.